The molecular weight excluding hydrogens is 313 g/mol. The quantitative estimate of drug-likeness (QED) is 0.603. The lowest BCUT2D eigenvalue weighted by atomic mass is 11.3. The van der Waals surface area contributed by atoms with Crippen LogP contribution in [0.3, 0.4) is 0 Å². The number of rotatable bonds is 0. The minimum absolute atomic E-state index is 1.09. The molecule has 0 nitrogen and oxygen atoms in total. The van der Waals surface area contributed by atoms with Gasteiger partial charge in [0.25, 0.3) is 0 Å². The van der Waals surface area contributed by atoms with E-state index in [1.54, 1.807) is 0 Å². The lowest BCUT2D eigenvalue weighted by molar-refractivity contribution is 2.56. The van der Waals surface area contributed by atoms with E-state index in [2.05, 4.69) is 45.2 Å². The molecule has 0 aromatic heterocycles. The van der Waals surface area contributed by atoms with Crippen LogP contribution in [0.1, 0.15) is 0 Å². The van der Waals surface area contributed by atoms with Crippen LogP contribution < -0.4 is 0 Å². The van der Waals surface area contributed by atoms with Crippen molar-refractivity contribution in [3.05, 3.63) is 7.12 Å². The number of hydrogen-bond acceptors (Lipinski definition) is 0. The van der Waals surface area contributed by atoms with Gasteiger partial charge in [-0.3, -0.25) is 0 Å². The lowest BCUT2D eigenvalue weighted by Crippen LogP contribution is -1.29. The van der Waals surface area contributed by atoms with Gasteiger partial charge < -0.3 is 0 Å². The summed E-state index contributed by atoms with van der Waals surface area (Å²) in [7, 11) is 0. The molecular formula is C2HClI2. The summed E-state index contributed by atoms with van der Waals surface area (Å²) in [6, 6.07) is 0. The maximum absolute atomic E-state index is 5.16. The first kappa shape index (κ1) is 6.49. The van der Waals surface area contributed by atoms with Gasteiger partial charge in [-0.15, -0.1) is 0 Å². The molecule has 0 rings (SSSR count). The van der Waals surface area contributed by atoms with Crippen LogP contribution in [0.4, 0.5) is 0 Å². The van der Waals surface area contributed by atoms with Crippen molar-refractivity contribution in [1.29, 1.82) is 0 Å². The van der Waals surface area contributed by atoms with Crippen molar-refractivity contribution in [3.63, 3.8) is 0 Å². The smallest absolute Gasteiger partial charge is 0.0627 e. The van der Waals surface area contributed by atoms with Gasteiger partial charge in [0.1, 0.15) is 0 Å². The molecule has 0 bridgehead atoms. The van der Waals surface area contributed by atoms with E-state index in [0.29, 0.717) is 0 Å². The van der Waals surface area contributed by atoms with Gasteiger partial charge in [-0.2, -0.15) is 0 Å². The molecule has 0 N–H and O–H groups in total. The monoisotopic (exact) mass is 314 g/mol. The van der Waals surface area contributed by atoms with E-state index in [1.165, 1.54) is 5.54 Å². The molecule has 0 heterocycles. The lowest BCUT2D eigenvalue weighted by Gasteiger charge is -1.65. The minimum atomic E-state index is 1.09. The molecule has 5 heavy (non-hydrogen) atoms. The average Bonchev–Trinajstić information content (AvgIpc) is 1.38. The SMILES string of the molecule is ClC=C(I)I. The van der Waals surface area contributed by atoms with E-state index in [4.69, 9.17) is 11.6 Å². The molecule has 0 saturated heterocycles. The van der Waals surface area contributed by atoms with Gasteiger partial charge in [0.05, 0.1) is 1.59 Å². The van der Waals surface area contributed by atoms with Crippen molar-refractivity contribution >= 4 is 56.8 Å². The van der Waals surface area contributed by atoms with Gasteiger partial charge >= 0.3 is 0 Å². The summed E-state index contributed by atoms with van der Waals surface area (Å²) in [5.74, 6) is 0. The molecule has 0 aliphatic rings. The Hall–Kier alpha value is 1.49. The standard InChI is InChI=1S/C2HClI2/c3-1-2(4)5/h1H. The highest BCUT2D eigenvalue weighted by Crippen LogP contribution is 2.14. The first-order chi connectivity index (χ1) is 2.27. The fourth-order valence-corrected chi connectivity index (χ4v) is 0. The number of halogens is 3. The predicted octanol–water partition coefficient (Wildman–Crippen LogP) is 2.89. The van der Waals surface area contributed by atoms with Crippen LogP contribution in [0.2, 0.25) is 0 Å². The molecule has 0 aliphatic heterocycles. The second-order valence-electron chi connectivity index (χ2n) is 0.399. The Labute approximate surface area is 63.2 Å². The third-order valence-electron chi connectivity index (χ3n) is 0.0825. The van der Waals surface area contributed by atoms with E-state index in [9.17, 15) is 0 Å². The number of hydrogen-bond donors (Lipinski definition) is 0. The molecule has 0 amide bonds. The van der Waals surface area contributed by atoms with Crippen LogP contribution in [-0.4, -0.2) is 0 Å². The molecule has 0 fully saturated rings. The molecule has 0 unspecified atom stereocenters. The summed E-state index contributed by atoms with van der Waals surface area (Å²) in [6.45, 7) is 0. The van der Waals surface area contributed by atoms with Gasteiger partial charge in [-0.25, -0.2) is 0 Å². The van der Waals surface area contributed by atoms with Gasteiger partial charge in [0.2, 0.25) is 0 Å². The summed E-state index contributed by atoms with van der Waals surface area (Å²) < 4.78 is 1.09. The zero-order valence-electron chi connectivity index (χ0n) is 2.21. The summed E-state index contributed by atoms with van der Waals surface area (Å²) in [6.07, 6.45) is 0. The van der Waals surface area contributed by atoms with E-state index >= 15 is 0 Å². The molecule has 0 spiro atoms. The van der Waals surface area contributed by atoms with Crippen molar-refractivity contribution in [3.8, 4) is 0 Å². The Morgan fingerprint density at radius 2 is 1.80 bits per heavy atom. The summed E-state index contributed by atoms with van der Waals surface area (Å²) in [5, 5.41) is 0. The topological polar surface area (TPSA) is 0 Å². The summed E-state index contributed by atoms with van der Waals surface area (Å²) in [4.78, 5) is 0. The highest BCUT2D eigenvalue weighted by Gasteiger charge is 1.68. The maximum atomic E-state index is 5.16. The van der Waals surface area contributed by atoms with E-state index < -0.39 is 0 Å². The fourth-order valence-electron chi connectivity index (χ4n) is 0. The highest BCUT2D eigenvalue weighted by atomic mass is 127. The van der Waals surface area contributed by atoms with Crippen molar-refractivity contribution in [2.75, 3.05) is 0 Å². The van der Waals surface area contributed by atoms with Crippen LogP contribution in [0.25, 0.3) is 0 Å². The first-order valence-corrected chi connectivity index (χ1v) is 3.48. The van der Waals surface area contributed by atoms with Crippen molar-refractivity contribution in [1.82, 2.24) is 0 Å². The minimum Gasteiger partial charge on any atom is -0.0913 e. The van der Waals surface area contributed by atoms with Crippen molar-refractivity contribution < 1.29 is 0 Å². The predicted molar refractivity (Wildman–Crippen MR) is 42.0 cm³/mol. The molecule has 0 aromatic rings. The molecule has 0 aliphatic carbocycles. The highest BCUT2D eigenvalue weighted by molar-refractivity contribution is 14.2. The van der Waals surface area contributed by atoms with Crippen LogP contribution in [0.5, 0.6) is 0 Å². The van der Waals surface area contributed by atoms with Gasteiger partial charge in [-0.05, 0) is 45.2 Å². The Morgan fingerprint density at radius 1 is 1.60 bits per heavy atom. The zero-order valence-corrected chi connectivity index (χ0v) is 7.28. The Morgan fingerprint density at radius 3 is 1.80 bits per heavy atom. The maximum Gasteiger partial charge on any atom is 0.0627 e. The van der Waals surface area contributed by atoms with Gasteiger partial charge in [-0.1, -0.05) is 11.6 Å². The molecule has 0 aromatic carbocycles. The van der Waals surface area contributed by atoms with E-state index in [1.807, 2.05) is 0 Å². The third kappa shape index (κ3) is 5.49. The largest absolute Gasteiger partial charge is 0.0913 e. The van der Waals surface area contributed by atoms with Gasteiger partial charge in [0.15, 0.2) is 0 Å². The Kier molecular flexibility index (Phi) is 4.77. The van der Waals surface area contributed by atoms with Crippen molar-refractivity contribution in [2.24, 2.45) is 0 Å². The molecule has 0 saturated carbocycles. The summed E-state index contributed by atoms with van der Waals surface area (Å²) >= 11 is 9.40. The zero-order chi connectivity index (χ0) is 4.28. The van der Waals surface area contributed by atoms with E-state index in [-0.39, 0.29) is 0 Å². The van der Waals surface area contributed by atoms with Crippen LogP contribution in [-0.2, 0) is 0 Å². The summed E-state index contributed by atoms with van der Waals surface area (Å²) in [5.41, 5.74) is 1.53. The molecule has 30 valence electrons. The average molecular weight is 314 g/mol. The van der Waals surface area contributed by atoms with Crippen LogP contribution in [0.15, 0.2) is 7.12 Å². The second-order valence-corrected chi connectivity index (χ2v) is 5.01. The Bertz CT molecular complexity index is 45.6. The van der Waals surface area contributed by atoms with Crippen LogP contribution in [0, 0.1) is 0 Å². The van der Waals surface area contributed by atoms with Crippen LogP contribution >= 0.6 is 56.8 Å². The first-order valence-electron chi connectivity index (χ1n) is 0.885. The fraction of sp³-hybridized carbons (Fsp3) is 0. The normalized spacial score (nSPS) is 7.00. The molecule has 0 radical (unpaired) electrons. The third-order valence-corrected chi connectivity index (χ3v) is 1.66. The molecule has 3 heteroatoms. The van der Waals surface area contributed by atoms with E-state index in [0.717, 1.165) is 1.59 Å². The second kappa shape index (κ2) is 3.67. The van der Waals surface area contributed by atoms with Crippen molar-refractivity contribution in [2.45, 2.75) is 0 Å². The Balaban J connectivity index is 3.14. The molecule has 0 atom stereocenters. The van der Waals surface area contributed by atoms with Gasteiger partial charge in [0, 0.05) is 5.54 Å².